The van der Waals surface area contributed by atoms with Crippen LogP contribution in [-0.2, 0) is 0 Å². The number of likely N-dealkylation sites (N-methyl/N-ethyl adjacent to an activating group) is 2. The van der Waals surface area contributed by atoms with E-state index in [1.54, 1.807) is 0 Å². The number of rotatable bonds is 10. The Morgan fingerprint density at radius 3 is 2.37 bits per heavy atom. The highest BCUT2D eigenvalue weighted by atomic mass is 15.2. The maximum Gasteiger partial charge on any atom is 0.103 e. The Morgan fingerprint density at radius 1 is 1.32 bits per heavy atom. The predicted octanol–water partition coefficient (Wildman–Crippen LogP) is 1.93. The van der Waals surface area contributed by atoms with Crippen molar-refractivity contribution in [2.75, 3.05) is 40.3 Å². The first-order valence-corrected chi connectivity index (χ1v) is 7.43. The largest absolute Gasteiger partial charge is 0.308 e. The number of hydrogen-bond acceptors (Lipinski definition) is 4. The molecule has 0 fully saturated rings. The van der Waals surface area contributed by atoms with Crippen LogP contribution in [0.1, 0.15) is 40.5 Å². The van der Waals surface area contributed by atoms with Crippen LogP contribution in [0.4, 0.5) is 0 Å². The third-order valence-electron chi connectivity index (χ3n) is 3.59. The SMILES string of the molecule is CCNC(C)(C#N)CCCN(CC)C(C)CN(C)C. The van der Waals surface area contributed by atoms with Crippen molar-refractivity contribution in [2.24, 2.45) is 0 Å². The van der Waals surface area contributed by atoms with Crippen molar-refractivity contribution in [1.29, 1.82) is 5.26 Å². The van der Waals surface area contributed by atoms with Gasteiger partial charge < -0.3 is 4.90 Å². The van der Waals surface area contributed by atoms with Crippen LogP contribution in [0.15, 0.2) is 0 Å². The smallest absolute Gasteiger partial charge is 0.103 e. The monoisotopic (exact) mass is 268 g/mol. The van der Waals surface area contributed by atoms with Gasteiger partial charge in [0.25, 0.3) is 0 Å². The molecule has 4 nitrogen and oxygen atoms in total. The molecule has 0 aliphatic carbocycles. The molecule has 19 heavy (non-hydrogen) atoms. The van der Waals surface area contributed by atoms with Crippen LogP contribution >= 0.6 is 0 Å². The highest BCUT2D eigenvalue weighted by Crippen LogP contribution is 2.12. The third-order valence-corrected chi connectivity index (χ3v) is 3.59. The zero-order valence-electron chi connectivity index (χ0n) is 13.7. The summed E-state index contributed by atoms with van der Waals surface area (Å²) in [5, 5.41) is 12.5. The van der Waals surface area contributed by atoms with Crippen molar-refractivity contribution in [3.8, 4) is 6.07 Å². The summed E-state index contributed by atoms with van der Waals surface area (Å²) in [4.78, 5) is 4.72. The van der Waals surface area contributed by atoms with Gasteiger partial charge in [-0.1, -0.05) is 13.8 Å². The van der Waals surface area contributed by atoms with Gasteiger partial charge in [-0.25, -0.2) is 0 Å². The molecule has 2 unspecified atom stereocenters. The Balaban J connectivity index is 4.18. The zero-order valence-corrected chi connectivity index (χ0v) is 13.7. The normalized spacial score (nSPS) is 16.4. The van der Waals surface area contributed by atoms with E-state index in [-0.39, 0.29) is 5.54 Å². The molecule has 0 saturated carbocycles. The van der Waals surface area contributed by atoms with Gasteiger partial charge in [-0.3, -0.25) is 10.2 Å². The standard InChI is InChI=1S/C15H32N4/c1-7-17-15(4,13-16)10-9-11-19(8-2)14(3)12-18(5)6/h14,17H,7-12H2,1-6H3. The fraction of sp³-hybridized carbons (Fsp3) is 0.933. The highest BCUT2D eigenvalue weighted by molar-refractivity contribution is 5.03. The number of nitriles is 1. The van der Waals surface area contributed by atoms with Crippen molar-refractivity contribution >= 4 is 0 Å². The number of nitrogens with zero attached hydrogens (tertiary/aromatic N) is 3. The van der Waals surface area contributed by atoms with Gasteiger partial charge in [-0.05, 0) is 60.4 Å². The summed E-state index contributed by atoms with van der Waals surface area (Å²) in [6, 6.07) is 2.96. The summed E-state index contributed by atoms with van der Waals surface area (Å²) in [5.41, 5.74) is -0.376. The zero-order chi connectivity index (χ0) is 14.9. The molecule has 0 heterocycles. The first-order chi connectivity index (χ1) is 8.88. The molecule has 4 heteroatoms. The fourth-order valence-corrected chi connectivity index (χ4v) is 2.54. The summed E-state index contributed by atoms with van der Waals surface area (Å²) in [6.07, 6.45) is 1.96. The van der Waals surface area contributed by atoms with Gasteiger partial charge in [0.2, 0.25) is 0 Å². The van der Waals surface area contributed by atoms with E-state index >= 15 is 0 Å². The van der Waals surface area contributed by atoms with Gasteiger partial charge in [0, 0.05) is 12.6 Å². The molecule has 0 bridgehead atoms. The third kappa shape index (κ3) is 7.51. The average molecular weight is 268 g/mol. The van der Waals surface area contributed by atoms with E-state index in [1.165, 1.54) is 0 Å². The van der Waals surface area contributed by atoms with Gasteiger partial charge in [-0.15, -0.1) is 0 Å². The molecule has 0 spiro atoms. The van der Waals surface area contributed by atoms with Crippen LogP contribution in [0.3, 0.4) is 0 Å². The summed E-state index contributed by atoms with van der Waals surface area (Å²) < 4.78 is 0. The predicted molar refractivity (Wildman–Crippen MR) is 82.2 cm³/mol. The van der Waals surface area contributed by atoms with Crippen molar-refractivity contribution in [1.82, 2.24) is 15.1 Å². The first kappa shape index (κ1) is 18.4. The summed E-state index contributed by atoms with van der Waals surface area (Å²) in [7, 11) is 4.23. The summed E-state index contributed by atoms with van der Waals surface area (Å²) in [5.74, 6) is 0. The Kier molecular flexibility index (Phi) is 8.99. The van der Waals surface area contributed by atoms with Gasteiger partial charge >= 0.3 is 0 Å². The minimum Gasteiger partial charge on any atom is -0.308 e. The maximum atomic E-state index is 9.23. The first-order valence-electron chi connectivity index (χ1n) is 7.43. The number of hydrogen-bond donors (Lipinski definition) is 1. The Bertz CT molecular complexity index is 272. The van der Waals surface area contributed by atoms with Crippen LogP contribution in [-0.4, -0.2) is 61.7 Å². The summed E-state index contributed by atoms with van der Waals surface area (Å²) >= 11 is 0. The molecule has 112 valence electrons. The molecule has 0 rings (SSSR count). The molecule has 0 radical (unpaired) electrons. The molecular weight excluding hydrogens is 236 g/mol. The van der Waals surface area contributed by atoms with E-state index < -0.39 is 0 Å². The minimum atomic E-state index is -0.376. The molecule has 0 aliphatic rings. The van der Waals surface area contributed by atoms with E-state index in [4.69, 9.17) is 0 Å². The second-order valence-corrected chi connectivity index (χ2v) is 5.82. The van der Waals surface area contributed by atoms with E-state index in [1.807, 2.05) is 13.8 Å². The van der Waals surface area contributed by atoms with Crippen LogP contribution in [0, 0.1) is 11.3 Å². The van der Waals surface area contributed by atoms with E-state index in [0.29, 0.717) is 6.04 Å². The quantitative estimate of drug-likeness (QED) is 0.657. The number of nitrogens with one attached hydrogen (secondary N) is 1. The lowest BCUT2D eigenvalue weighted by Crippen LogP contribution is -2.43. The van der Waals surface area contributed by atoms with Crippen molar-refractivity contribution in [2.45, 2.75) is 52.1 Å². The second kappa shape index (κ2) is 9.30. The maximum absolute atomic E-state index is 9.23. The lowest BCUT2D eigenvalue weighted by atomic mass is 9.97. The lowest BCUT2D eigenvalue weighted by molar-refractivity contribution is 0.175. The molecular formula is C15H32N4. The molecule has 0 saturated heterocycles. The van der Waals surface area contributed by atoms with Gasteiger partial charge in [-0.2, -0.15) is 5.26 Å². The Morgan fingerprint density at radius 2 is 1.95 bits per heavy atom. The minimum absolute atomic E-state index is 0.376. The molecule has 1 N–H and O–H groups in total. The second-order valence-electron chi connectivity index (χ2n) is 5.82. The molecule has 0 aromatic rings. The van der Waals surface area contributed by atoms with E-state index in [2.05, 4.69) is 49.1 Å². The van der Waals surface area contributed by atoms with Crippen molar-refractivity contribution < 1.29 is 0 Å². The van der Waals surface area contributed by atoms with E-state index in [9.17, 15) is 5.26 Å². The summed E-state index contributed by atoms with van der Waals surface area (Å²) in [6.45, 7) is 12.6. The van der Waals surface area contributed by atoms with Gasteiger partial charge in [0.1, 0.15) is 5.54 Å². The highest BCUT2D eigenvalue weighted by Gasteiger charge is 2.22. The van der Waals surface area contributed by atoms with Crippen molar-refractivity contribution in [3.05, 3.63) is 0 Å². The van der Waals surface area contributed by atoms with Crippen LogP contribution in [0.2, 0.25) is 0 Å². The molecule has 0 aromatic carbocycles. The topological polar surface area (TPSA) is 42.3 Å². The van der Waals surface area contributed by atoms with Crippen LogP contribution in [0.5, 0.6) is 0 Å². The Labute approximate surface area is 119 Å². The molecule has 0 aromatic heterocycles. The molecule has 2 atom stereocenters. The average Bonchev–Trinajstić information content (AvgIpc) is 2.34. The van der Waals surface area contributed by atoms with Crippen molar-refractivity contribution in [3.63, 3.8) is 0 Å². The fourth-order valence-electron chi connectivity index (χ4n) is 2.54. The molecule has 0 aliphatic heterocycles. The van der Waals surface area contributed by atoms with E-state index in [0.717, 1.165) is 39.0 Å². The molecule has 0 amide bonds. The van der Waals surface area contributed by atoms with Gasteiger partial charge in [0.05, 0.1) is 6.07 Å². The van der Waals surface area contributed by atoms with Gasteiger partial charge in [0.15, 0.2) is 0 Å². The Hall–Kier alpha value is -0.630. The van der Waals surface area contributed by atoms with Crippen LogP contribution < -0.4 is 5.32 Å². The lowest BCUT2D eigenvalue weighted by Gasteiger charge is -2.31. The van der Waals surface area contributed by atoms with Crippen LogP contribution in [0.25, 0.3) is 0 Å².